The van der Waals surface area contributed by atoms with Crippen molar-refractivity contribution < 1.29 is 23.0 Å². The maximum atomic E-state index is 12.4. The Morgan fingerprint density at radius 2 is 2.08 bits per heavy atom. The molecule has 7 heteroatoms. The molecule has 2 aromatic rings. The van der Waals surface area contributed by atoms with Gasteiger partial charge >= 0.3 is 6.61 Å². The number of aromatic nitrogens is 2. The quantitative estimate of drug-likeness (QED) is 0.531. The van der Waals surface area contributed by atoms with Crippen molar-refractivity contribution in [1.82, 2.24) is 9.78 Å². The topological polar surface area (TPSA) is 53.4 Å². The van der Waals surface area contributed by atoms with E-state index in [1.165, 1.54) is 12.1 Å². The van der Waals surface area contributed by atoms with Crippen molar-refractivity contribution in [3.05, 3.63) is 47.3 Å². The van der Waals surface area contributed by atoms with E-state index < -0.39 is 6.61 Å². The third-order valence-electron chi connectivity index (χ3n) is 3.45. The SMILES string of the molecule is CCOc1cc(C=CC(=O)c2cn(CC)nc2C)ccc1OC(F)F. The number of hydrogen-bond acceptors (Lipinski definition) is 4. The first-order valence-corrected chi connectivity index (χ1v) is 7.92. The molecule has 5 nitrogen and oxygen atoms in total. The minimum Gasteiger partial charge on any atom is -0.490 e. The molecule has 0 atom stereocenters. The lowest BCUT2D eigenvalue weighted by atomic mass is 10.1. The van der Waals surface area contributed by atoms with Gasteiger partial charge in [0.1, 0.15) is 0 Å². The smallest absolute Gasteiger partial charge is 0.387 e. The zero-order chi connectivity index (χ0) is 18.4. The number of hydrogen-bond donors (Lipinski definition) is 0. The molecule has 0 aliphatic carbocycles. The number of alkyl halides is 2. The predicted octanol–water partition coefficient (Wildman–Crippen LogP) is 4.11. The maximum Gasteiger partial charge on any atom is 0.387 e. The number of aryl methyl sites for hydroxylation is 2. The first-order valence-electron chi connectivity index (χ1n) is 7.92. The van der Waals surface area contributed by atoms with Gasteiger partial charge in [0.25, 0.3) is 0 Å². The van der Waals surface area contributed by atoms with Gasteiger partial charge in [-0.3, -0.25) is 9.48 Å². The van der Waals surface area contributed by atoms with Gasteiger partial charge in [-0.25, -0.2) is 0 Å². The molecule has 25 heavy (non-hydrogen) atoms. The number of halogens is 2. The molecule has 2 rings (SSSR count). The highest BCUT2D eigenvalue weighted by Gasteiger charge is 2.12. The average molecular weight is 350 g/mol. The van der Waals surface area contributed by atoms with E-state index in [9.17, 15) is 13.6 Å². The summed E-state index contributed by atoms with van der Waals surface area (Å²) in [7, 11) is 0. The Hall–Kier alpha value is -2.70. The monoisotopic (exact) mass is 350 g/mol. The fourth-order valence-electron chi connectivity index (χ4n) is 2.27. The largest absolute Gasteiger partial charge is 0.490 e. The van der Waals surface area contributed by atoms with Gasteiger partial charge in [0, 0.05) is 12.7 Å². The van der Waals surface area contributed by atoms with Crippen molar-refractivity contribution in [1.29, 1.82) is 0 Å². The van der Waals surface area contributed by atoms with Gasteiger partial charge in [0.15, 0.2) is 17.3 Å². The lowest BCUT2D eigenvalue weighted by molar-refractivity contribution is -0.0514. The Labute approximate surface area is 144 Å². The van der Waals surface area contributed by atoms with Crippen LogP contribution < -0.4 is 9.47 Å². The molecule has 0 aliphatic rings. The van der Waals surface area contributed by atoms with Crippen molar-refractivity contribution in [2.45, 2.75) is 33.9 Å². The summed E-state index contributed by atoms with van der Waals surface area (Å²) in [5.41, 5.74) is 1.83. The van der Waals surface area contributed by atoms with Crippen LogP contribution in [0.4, 0.5) is 8.78 Å². The minimum absolute atomic E-state index is 0.0413. The molecule has 1 heterocycles. The maximum absolute atomic E-state index is 12.4. The van der Waals surface area contributed by atoms with Crippen molar-refractivity contribution in [3.8, 4) is 11.5 Å². The third-order valence-corrected chi connectivity index (χ3v) is 3.45. The zero-order valence-electron chi connectivity index (χ0n) is 14.3. The van der Waals surface area contributed by atoms with E-state index in [0.717, 1.165) is 0 Å². The third kappa shape index (κ3) is 4.89. The highest BCUT2D eigenvalue weighted by molar-refractivity contribution is 6.07. The molecular formula is C18H20F2N2O3. The van der Waals surface area contributed by atoms with Crippen molar-refractivity contribution in [2.24, 2.45) is 0 Å². The second-order valence-corrected chi connectivity index (χ2v) is 5.20. The molecule has 0 aliphatic heterocycles. The molecule has 0 spiro atoms. The number of ether oxygens (including phenoxy) is 2. The van der Waals surface area contributed by atoms with Crippen LogP contribution in [0.25, 0.3) is 6.08 Å². The summed E-state index contributed by atoms with van der Waals surface area (Å²) in [5, 5.41) is 4.24. The summed E-state index contributed by atoms with van der Waals surface area (Å²) in [4.78, 5) is 12.3. The summed E-state index contributed by atoms with van der Waals surface area (Å²) in [6, 6.07) is 4.52. The summed E-state index contributed by atoms with van der Waals surface area (Å²) in [5.74, 6) is -0.0177. The Kier molecular flexibility index (Phi) is 6.27. The minimum atomic E-state index is -2.93. The fourth-order valence-corrected chi connectivity index (χ4v) is 2.27. The average Bonchev–Trinajstić information content (AvgIpc) is 2.95. The van der Waals surface area contributed by atoms with Crippen LogP contribution in [0.2, 0.25) is 0 Å². The number of carbonyl (C=O) groups excluding carboxylic acids is 1. The summed E-state index contributed by atoms with van der Waals surface area (Å²) in [6.45, 7) is 3.51. The fraction of sp³-hybridized carbons (Fsp3) is 0.333. The van der Waals surface area contributed by atoms with Crippen molar-refractivity contribution >= 4 is 11.9 Å². The Balaban J connectivity index is 2.20. The molecule has 0 saturated carbocycles. The number of nitrogens with zero attached hydrogens (tertiary/aromatic N) is 2. The van der Waals surface area contributed by atoms with E-state index in [4.69, 9.17) is 4.74 Å². The Bertz CT molecular complexity index is 770. The van der Waals surface area contributed by atoms with Crippen molar-refractivity contribution in [2.75, 3.05) is 6.61 Å². The normalized spacial score (nSPS) is 11.3. The highest BCUT2D eigenvalue weighted by Crippen LogP contribution is 2.30. The molecule has 1 aromatic carbocycles. The van der Waals surface area contributed by atoms with Crippen LogP contribution in [0, 0.1) is 6.92 Å². The molecular weight excluding hydrogens is 330 g/mol. The molecule has 1 aromatic heterocycles. The van der Waals surface area contributed by atoms with Gasteiger partial charge in [0.2, 0.25) is 0 Å². The van der Waals surface area contributed by atoms with Gasteiger partial charge in [-0.2, -0.15) is 13.9 Å². The summed E-state index contributed by atoms with van der Waals surface area (Å²) in [6.07, 6.45) is 4.72. The Morgan fingerprint density at radius 3 is 2.68 bits per heavy atom. The lowest BCUT2D eigenvalue weighted by Crippen LogP contribution is -2.04. The van der Waals surface area contributed by atoms with Gasteiger partial charge in [-0.1, -0.05) is 12.1 Å². The predicted molar refractivity (Wildman–Crippen MR) is 90.2 cm³/mol. The molecule has 0 saturated heterocycles. The molecule has 134 valence electrons. The van der Waals surface area contributed by atoms with Gasteiger partial charge in [-0.05, 0) is 44.5 Å². The summed E-state index contributed by atoms with van der Waals surface area (Å²) >= 11 is 0. The first kappa shape index (κ1) is 18.6. The van der Waals surface area contributed by atoms with Gasteiger partial charge in [0.05, 0.1) is 17.9 Å². The number of ketones is 1. The van der Waals surface area contributed by atoms with E-state index in [-0.39, 0.29) is 17.3 Å². The van der Waals surface area contributed by atoms with Crippen LogP contribution in [0.1, 0.15) is 35.5 Å². The molecule has 0 radical (unpaired) electrons. The second kappa shape index (κ2) is 8.41. The standard InChI is InChI=1S/C18H20F2N2O3/c1-4-22-11-14(12(3)21-22)15(23)8-6-13-7-9-16(25-18(19)20)17(10-13)24-5-2/h6-11,18H,4-5H2,1-3H3. The van der Waals surface area contributed by atoms with Crippen LogP contribution in [-0.2, 0) is 6.54 Å². The van der Waals surface area contributed by atoms with Gasteiger partial charge < -0.3 is 9.47 Å². The van der Waals surface area contributed by atoms with E-state index in [2.05, 4.69) is 9.84 Å². The number of benzene rings is 1. The van der Waals surface area contributed by atoms with Crippen LogP contribution in [0.15, 0.2) is 30.5 Å². The zero-order valence-corrected chi connectivity index (χ0v) is 14.3. The van der Waals surface area contributed by atoms with E-state index >= 15 is 0 Å². The molecule has 0 fully saturated rings. The lowest BCUT2D eigenvalue weighted by Gasteiger charge is -2.11. The highest BCUT2D eigenvalue weighted by atomic mass is 19.3. The molecule has 0 bridgehead atoms. The first-order chi connectivity index (χ1) is 11.9. The van der Waals surface area contributed by atoms with Crippen molar-refractivity contribution in [3.63, 3.8) is 0 Å². The summed E-state index contributed by atoms with van der Waals surface area (Å²) < 4.78 is 36.2. The van der Waals surface area contributed by atoms with Crippen LogP contribution in [-0.4, -0.2) is 28.8 Å². The van der Waals surface area contributed by atoms with Crippen LogP contribution in [0.5, 0.6) is 11.5 Å². The number of carbonyl (C=O) groups is 1. The van der Waals surface area contributed by atoms with E-state index in [1.54, 1.807) is 42.9 Å². The molecule has 0 N–H and O–H groups in total. The van der Waals surface area contributed by atoms with E-state index in [0.29, 0.717) is 30.0 Å². The molecule has 0 amide bonds. The number of rotatable bonds is 8. The molecule has 0 unspecified atom stereocenters. The van der Waals surface area contributed by atoms with E-state index in [1.807, 2.05) is 6.92 Å². The Morgan fingerprint density at radius 1 is 1.32 bits per heavy atom. The number of allylic oxidation sites excluding steroid dienone is 1. The second-order valence-electron chi connectivity index (χ2n) is 5.20. The van der Waals surface area contributed by atoms with Crippen LogP contribution >= 0.6 is 0 Å². The van der Waals surface area contributed by atoms with Gasteiger partial charge in [-0.15, -0.1) is 0 Å². The van der Waals surface area contributed by atoms with Crippen LogP contribution in [0.3, 0.4) is 0 Å².